The van der Waals surface area contributed by atoms with Gasteiger partial charge in [0.25, 0.3) is 0 Å². The number of likely N-dealkylation sites (N-methyl/N-ethyl adjacent to an activating group) is 1. The first kappa shape index (κ1) is 13.9. The van der Waals surface area contributed by atoms with Crippen molar-refractivity contribution in [3.05, 3.63) is 41.6 Å². The number of nitrogens with zero attached hydrogens (tertiary/aromatic N) is 2. The summed E-state index contributed by atoms with van der Waals surface area (Å²) in [6.07, 6.45) is 5.76. The number of hydrogen-bond donors (Lipinski definition) is 1. The minimum atomic E-state index is 0.449. The lowest BCUT2D eigenvalue weighted by Crippen LogP contribution is -2.29. The highest BCUT2D eigenvalue weighted by atomic mass is 16.3. The first-order chi connectivity index (χ1) is 9.22. The van der Waals surface area contributed by atoms with E-state index in [0.29, 0.717) is 6.04 Å². The van der Waals surface area contributed by atoms with E-state index in [-0.39, 0.29) is 0 Å². The standard InChI is InChI=1S/C15H23N3O/c1-4-12-10-14(18(3)17-12)11-13(16-2)7-8-15-6-5-9-19-15/h5-6,9-10,13,16H,4,7-8,11H2,1-3H3. The Morgan fingerprint density at radius 2 is 2.32 bits per heavy atom. The van der Waals surface area contributed by atoms with Crippen molar-refractivity contribution in [3.63, 3.8) is 0 Å². The van der Waals surface area contributed by atoms with Crippen LogP contribution in [0.25, 0.3) is 0 Å². The monoisotopic (exact) mass is 261 g/mol. The Labute approximate surface area is 114 Å². The molecular formula is C15H23N3O. The number of furan rings is 1. The lowest BCUT2D eigenvalue weighted by atomic mass is 10.0. The Hall–Kier alpha value is -1.55. The topological polar surface area (TPSA) is 43.0 Å². The highest BCUT2D eigenvalue weighted by Gasteiger charge is 2.12. The third-order valence-corrected chi connectivity index (χ3v) is 3.57. The molecule has 1 atom stereocenters. The molecule has 0 radical (unpaired) electrons. The van der Waals surface area contributed by atoms with Crippen LogP contribution in [0.2, 0.25) is 0 Å². The fourth-order valence-electron chi connectivity index (χ4n) is 2.31. The van der Waals surface area contributed by atoms with Gasteiger partial charge in [-0.2, -0.15) is 5.10 Å². The molecule has 104 valence electrons. The van der Waals surface area contributed by atoms with E-state index in [2.05, 4.69) is 23.4 Å². The molecule has 2 rings (SSSR count). The molecule has 1 unspecified atom stereocenters. The van der Waals surface area contributed by atoms with Crippen molar-refractivity contribution in [2.24, 2.45) is 7.05 Å². The normalized spacial score (nSPS) is 12.8. The van der Waals surface area contributed by atoms with E-state index < -0.39 is 0 Å². The maximum absolute atomic E-state index is 5.38. The van der Waals surface area contributed by atoms with Crippen molar-refractivity contribution in [2.75, 3.05) is 7.05 Å². The molecule has 2 aromatic rings. The summed E-state index contributed by atoms with van der Waals surface area (Å²) in [5, 5.41) is 7.88. The molecule has 0 aliphatic heterocycles. The van der Waals surface area contributed by atoms with Gasteiger partial charge >= 0.3 is 0 Å². The Bertz CT molecular complexity index is 487. The summed E-state index contributed by atoms with van der Waals surface area (Å²) in [4.78, 5) is 0. The molecule has 0 aromatic carbocycles. The van der Waals surface area contributed by atoms with Crippen LogP contribution in [0.5, 0.6) is 0 Å². The van der Waals surface area contributed by atoms with Gasteiger partial charge in [-0.1, -0.05) is 6.92 Å². The van der Waals surface area contributed by atoms with Gasteiger partial charge in [-0.05, 0) is 38.1 Å². The summed E-state index contributed by atoms with van der Waals surface area (Å²) in [5.41, 5.74) is 2.45. The molecular weight excluding hydrogens is 238 g/mol. The molecule has 1 N–H and O–H groups in total. The highest BCUT2D eigenvalue weighted by molar-refractivity contribution is 5.11. The van der Waals surface area contributed by atoms with E-state index in [1.807, 2.05) is 30.9 Å². The van der Waals surface area contributed by atoms with Gasteiger partial charge in [0.2, 0.25) is 0 Å². The Balaban J connectivity index is 1.92. The number of nitrogens with one attached hydrogen (secondary N) is 1. The van der Waals surface area contributed by atoms with Crippen molar-refractivity contribution in [1.82, 2.24) is 15.1 Å². The average molecular weight is 261 g/mol. The molecule has 2 aromatic heterocycles. The van der Waals surface area contributed by atoms with Gasteiger partial charge in [0, 0.05) is 31.6 Å². The van der Waals surface area contributed by atoms with Gasteiger partial charge < -0.3 is 9.73 Å². The van der Waals surface area contributed by atoms with Gasteiger partial charge in [-0.25, -0.2) is 0 Å². The van der Waals surface area contributed by atoms with Gasteiger partial charge in [0.1, 0.15) is 5.76 Å². The lowest BCUT2D eigenvalue weighted by Gasteiger charge is -2.15. The van der Waals surface area contributed by atoms with Crippen LogP contribution in [-0.2, 0) is 26.3 Å². The first-order valence-corrected chi connectivity index (χ1v) is 6.94. The summed E-state index contributed by atoms with van der Waals surface area (Å²) in [7, 11) is 4.04. The Kier molecular flexibility index (Phi) is 4.80. The molecule has 0 bridgehead atoms. The van der Waals surface area contributed by atoms with Crippen LogP contribution in [0.15, 0.2) is 28.9 Å². The van der Waals surface area contributed by atoms with Crippen LogP contribution < -0.4 is 5.32 Å². The van der Waals surface area contributed by atoms with E-state index in [0.717, 1.165) is 31.4 Å². The Morgan fingerprint density at radius 1 is 1.47 bits per heavy atom. The lowest BCUT2D eigenvalue weighted by molar-refractivity contribution is 0.454. The predicted octanol–water partition coefficient (Wildman–Crippen LogP) is 2.34. The third-order valence-electron chi connectivity index (χ3n) is 3.57. The average Bonchev–Trinajstić information content (AvgIpc) is 3.04. The van der Waals surface area contributed by atoms with Crippen molar-refractivity contribution in [2.45, 2.75) is 38.6 Å². The fraction of sp³-hybridized carbons (Fsp3) is 0.533. The van der Waals surface area contributed by atoms with Crippen molar-refractivity contribution in [1.29, 1.82) is 0 Å². The summed E-state index contributed by atoms with van der Waals surface area (Å²) in [6.45, 7) is 2.14. The van der Waals surface area contributed by atoms with Crippen LogP contribution in [0, 0.1) is 0 Å². The molecule has 4 heteroatoms. The summed E-state index contributed by atoms with van der Waals surface area (Å²) in [5.74, 6) is 1.06. The minimum absolute atomic E-state index is 0.449. The van der Waals surface area contributed by atoms with Gasteiger partial charge in [0.05, 0.1) is 12.0 Å². The number of aryl methyl sites for hydroxylation is 3. The molecule has 0 aliphatic carbocycles. The number of hydrogen-bond acceptors (Lipinski definition) is 3. The molecule has 0 spiro atoms. The Morgan fingerprint density at radius 3 is 2.89 bits per heavy atom. The number of rotatable bonds is 7. The zero-order valence-electron chi connectivity index (χ0n) is 12.0. The quantitative estimate of drug-likeness (QED) is 0.832. The fourth-order valence-corrected chi connectivity index (χ4v) is 2.31. The molecule has 2 heterocycles. The van der Waals surface area contributed by atoms with E-state index in [9.17, 15) is 0 Å². The predicted molar refractivity (Wildman–Crippen MR) is 76.2 cm³/mol. The van der Waals surface area contributed by atoms with Crippen LogP contribution >= 0.6 is 0 Å². The second kappa shape index (κ2) is 6.57. The van der Waals surface area contributed by atoms with Crippen molar-refractivity contribution < 1.29 is 4.42 Å². The first-order valence-electron chi connectivity index (χ1n) is 6.94. The molecule has 4 nitrogen and oxygen atoms in total. The van der Waals surface area contributed by atoms with Crippen LogP contribution in [0.4, 0.5) is 0 Å². The van der Waals surface area contributed by atoms with E-state index >= 15 is 0 Å². The summed E-state index contributed by atoms with van der Waals surface area (Å²) < 4.78 is 7.37. The molecule has 0 aliphatic rings. The third kappa shape index (κ3) is 3.70. The van der Waals surface area contributed by atoms with E-state index in [1.54, 1.807) is 6.26 Å². The minimum Gasteiger partial charge on any atom is -0.469 e. The SMILES string of the molecule is CCc1cc(CC(CCc2ccco2)NC)n(C)n1. The maximum atomic E-state index is 5.38. The van der Waals surface area contributed by atoms with Gasteiger partial charge in [-0.3, -0.25) is 4.68 Å². The second-order valence-electron chi connectivity index (χ2n) is 4.91. The zero-order valence-corrected chi connectivity index (χ0v) is 12.0. The second-order valence-corrected chi connectivity index (χ2v) is 4.91. The highest BCUT2D eigenvalue weighted by Crippen LogP contribution is 2.11. The zero-order chi connectivity index (χ0) is 13.7. The van der Waals surface area contributed by atoms with E-state index in [4.69, 9.17) is 4.42 Å². The molecule has 0 fully saturated rings. The largest absolute Gasteiger partial charge is 0.469 e. The van der Waals surface area contributed by atoms with Crippen LogP contribution in [0.3, 0.4) is 0 Å². The molecule has 0 saturated heterocycles. The number of aromatic nitrogens is 2. The maximum Gasteiger partial charge on any atom is 0.103 e. The summed E-state index contributed by atoms with van der Waals surface area (Å²) in [6, 6.07) is 6.63. The molecule has 0 saturated carbocycles. The van der Waals surface area contributed by atoms with Gasteiger partial charge in [0.15, 0.2) is 0 Å². The van der Waals surface area contributed by atoms with Crippen molar-refractivity contribution >= 4 is 0 Å². The van der Waals surface area contributed by atoms with Crippen molar-refractivity contribution in [3.8, 4) is 0 Å². The van der Waals surface area contributed by atoms with E-state index in [1.165, 1.54) is 11.4 Å². The summed E-state index contributed by atoms with van der Waals surface area (Å²) >= 11 is 0. The van der Waals surface area contributed by atoms with Gasteiger partial charge in [-0.15, -0.1) is 0 Å². The smallest absolute Gasteiger partial charge is 0.103 e. The molecule has 0 amide bonds. The van der Waals surface area contributed by atoms with Crippen LogP contribution in [-0.4, -0.2) is 22.9 Å². The van der Waals surface area contributed by atoms with Crippen LogP contribution in [0.1, 0.15) is 30.5 Å². The molecule has 19 heavy (non-hydrogen) atoms.